The van der Waals surface area contributed by atoms with E-state index >= 15 is 0 Å². The van der Waals surface area contributed by atoms with Crippen molar-refractivity contribution in [3.8, 4) is 5.75 Å². The third-order valence-electron chi connectivity index (χ3n) is 2.38. The van der Waals surface area contributed by atoms with Crippen LogP contribution in [0.2, 0.25) is 0 Å². The van der Waals surface area contributed by atoms with Gasteiger partial charge in [-0.1, -0.05) is 12.1 Å². The van der Waals surface area contributed by atoms with Gasteiger partial charge < -0.3 is 13.8 Å². The van der Waals surface area contributed by atoms with Crippen molar-refractivity contribution in [3.63, 3.8) is 0 Å². The van der Waals surface area contributed by atoms with E-state index in [0.29, 0.717) is 0 Å². The van der Waals surface area contributed by atoms with Gasteiger partial charge >= 0.3 is 7.60 Å². The summed E-state index contributed by atoms with van der Waals surface area (Å²) in [6, 6.07) is 6.15. The molecule has 8 heteroatoms. The second kappa shape index (κ2) is 7.22. The van der Waals surface area contributed by atoms with Crippen LogP contribution < -0.4 is 4.74 Å². The maximum absolute atomic E-state index is 12.4. The maximum atomic E-state index is 12.4. The molecule has 0 bridgehead atoms. The Balaban J connectivity index is 3.13. The van der Waals surface area contributed by atoms with Crippen molar-refractivity contribution in [2.75, 3.05) is 25.8 Å². The molecule has 0 heterocycles. The molecule has 20 heavy (non-hydrogen) atoms. The Morgan fingerprint density at radius 2 is 1.65 bits per heavy atom. The Kier molecular flexibility index (Phi) is 6.20. The largest absolute Gasteiger partial charge is 0.495 e. The number of ether oxygens (including phenoxy) is 1. The zero-order valence-corrected chi connectivity index (χ0v) is 13.4. The highest BCUT2D eigenvalue weighted by atomic mass is 32.2. The summed E-state index contributed by atoms with van der Waals surface area (Å²) in [6.07, 6.45) is 0. The van der Waals surface area contributed by atoms with Crippen molar-refractivity contribution < 1.29 is 26.8 Å². The molecule has 0 unspecified atom stereocenters. The van der Waals surface area contributed by atoms with Crippen molar-refractivity contribution in [2.24, 2.45) is 0 Å². The third-order valence-corrected chi connectivity index (χ3v) is 7.32. The molecule has 0 aliphatic carbocycles. The van der Waals surface area contributed by atoms with E-state index in [1.807, 2.05) is 0 Å². The first-order chi connectivity index (χ1) is 9.38. The van der Waals surface area contributed by atoms with Crippen molar-refractivity contribution in [3.05, 3.63) is 24.3 Å². The van der Waals surface area contributed by atoms with Gasteiger partial charge in [-0.05, 0) is 26.0 Å². The van der Waals surface area contributed by atoms with Gasteiger partial charge in [0.25, 0.3) is 0 Å². The monoisotopic (exact) mass is 322 g/mol. The summed E-state index contributed by atoms with van der Waals surface area (Å²) in [5, 5.41) is 0. The molecule has 0 saturated carbocycles. The molecular formula is C12H19O6PS. The predicted octanol–water partition coefficient (Wildman–Crippen LogP) is 2.69. The lowest BCUT2D eigenvalue weighted by Crippen LogP contribution is -2.12. The van der Waals surface area contributed by atoms with Crippen LogP contribution in [0.4, 0.5) is 0 Å². The zero-order valence-electron chi connectivity index (χ0n) is 11.7. The number of para-hydroxylation sites is 1. The van der Waals surface area contributed by atoms with Gasteiger partial charge in [-0.15, -0.1) is 0 Å². The molecule has 0 aliphatic rings. The Labute approximate surface area is 119 Å². The molecular weight excluding hydrogens is 303 g/mol. The van der Waals surface area contributed by atoms with Crippen LogP contribution in [0.15, 0.2) is 29.2 Å². The third kappa shape index (κ3) is 4.31. The smallest absolute Gasteiger partial charge is 0.346 e. The summed E-state index contributed by atoms with van der Waals surface area (Å²) >= 11 is 0. The van der Waals surface area contributed by atoms with Crippen molar-refractivity contribution >= 4 is 17.4 Å². The Bertz CT molecular complexity index is 573. The SMILES string of the molecule is CCOP(=O)(CS(=O)(=O)c1ccccc1OC)OCC. The topological polar surface area (TPSA) is 78.9 Å². The molecule has 6 nitrogen and oxygen atoms in total. The van der Waals surface area contributed by atoms with E-state index in [4.69, 9.17) is 13.8 Å². The number of benzene rings is 1. The van der Waals surface area contributed by atoms with Crippen LogP contribution in [0.5, 0.6) is 5.75 Å². The van der Waals surface area contributed by atoms with E-state index in [1.165, 1.54) is 19.2 Å². The normalized spacial score (nSPS) is 12.3. The van der Waals surface area contributed by atoms with E-state index in [0.717, 1.165) is 0 Å². The average Bonchev–Trinajstić information content (AvgIpc) is 2.38. The maximum Gasteiger partial charge on any atom is 0.346 e. The van der Waals surface area contributed by atoms with Crippen molar-refractivity contribution in [1.29, 1.82) is 0 Å². The minimum atomic E-state index is -3.84. The lowest BCUT2D eigenvalue weighted by Gasteiger charge is -2.17. The fourth-order valence-electron chi connectivity index (χ4n) is 1.66. The Hall–Kier alpha value is -0.880. The molecule has 0 atom stereocenters. The number of rotatable bonds is 8. The molecule has 1 aromatic rings. The van der Waals surface area contributed by atoms with Gasteiger partial charge in [0.2, 0.25) is 0 Å². The van der Waals surface area contributed by atoms with Crippen LogP contribution in [0.3, 0.4) is 0 Å². The molecule has 1 aromatic carbocycles. The predicted molar refractivity (Wildman–Crippen MR) is 75.9 cm³/mol. The quantitative estimate of drug-likeness (QED) is 0.685. The second-order valence-electron chi connectivity index (χ2n) is 3.84. The molecule has 0 saturated heterocycles. The van der Waals surface area contributed by atoms with Crippen LogP contribution in [0.25, 0.3) is 0 Å². The van der Waals surface area contributed by atoms with Crippen LogP contribution in [-0.2, 0) is 23.4 Å². The first-order valence-electron chi connectivity index (χ1n) is 6.12. The van der Waals surface area contributed by atoms with Gasteiger partial charge in [0, 0.05) is 0 Å². The summed E-state index contributed by atoms with van der Waals surface area (Å²) in [6.45, 7) is 3.47. The van der Waals surface area contributed by atoms with Gasteiger partial charge in [0.15, 0.2) is 15.3 Å². The first-order valence-corrected chi connectivity index (χ1v) is 9.50. The minimum Gasteiger partial charge on any atom is -0.495 e. The molecule has 0 N–H and O–H groups in total. The van der Waals surface area contributed by atoms with Crippen molar-refractivity contribution in [2.45, 2.75) is 18.7 Å². The minimum absolute atomic E-state index is 0.0258. The fraction of sp³-hybridized carbons (Fsp3) is 0.500. The van der Waals surface area contributed by atoms with Gasteiger partial charge in [0.1, 0.15) is 10.6 Å². The van der Waals surface area contributed by atoms with Crippen LogP contribution in [-0.4, -0.2) is 34.2 Å². The van der Waals surface area contributed by atoms with E-state index in [2.05, 4.69) is 0 Å². The molecule has 0 fully saturated rings. The van der Waals surface area contributed by atoms with Crippen LogP contribution >= 0.6 is 7.60 Å². The fourth-order valence-corrected chi connectivity index (χ4v) is 6.08. The van der Waals surface area contributed by atoms with E-state index in [9.17, 15) is 13.0 Å². The molecule has 0 aliphatic heterocycles. The van der Waals surface area contributed by atoms with Gasteiger partial charge in [0.05, 0.1) is 20.3 Å². The van der Waals surface area contributed by atoms with Gasteiger partial charge in [-0.3, -0.25) is 4.57 Å². The van der Waals surface area contributed by atoms with E-state index in [1.54, 1.807) is 26.0 Å². The van der Waals surface area contributed by atoms with E-state index < -0.39 is 22.9 Å². The second-order valence-corrected chi connectivity index (χ2v) is 8.28. The highest BCUT2D eigenvalue weighted by Gasteiger charge is 2.34. The summed E-state index contributed by atoms with van der Waals surface area (Å²) in [5.41, 5.74) is -0.706. The van der Waals surface area contributed by atoms with Crippen LogP contribution in [0.1, 0.15) is 13.8 Å². The summed E-state index contributed by atoms with van der Waals surface area (Å²) in [4.78, 5) is -0.0258. The molecule has 0 amide bonds. The van der Waals surface area contributed by atoms with Crippen LogP contribution in [0, 0.1) is 0 Å². The molecule has 0 spiro atoms. The molecule has 114 valence electrons. The summed E-state index contributed by atoms with van der Waals surface area (Å²) in [7, 11) is -6.15. The Morgan fingerprint density at radius 1 is 1.10 bits per heavy atom. The van der Waals surface area contributed by atoms with E-state index in [-0.39, 0.29) is 23.9 Å². The standard InChI is InChI=1S/C12H19O6PS/c1-4-17-19(13,18-5-2)10-20(14,15)12-9-7-6-8-11(12)16-3/h6-9H,4-5,10H2,1-3H3. The lowest BCUT2D eigenvalue weighted by molar-refractivity contribution is 0.224. The highest BCUT2D eigenvalue weighted by molar-refractivity contribution is 7.97. The number of hydrogen-bond acceptors (Lipinski definition) is 6. The zero-order chi connectivity index (χ0) is 15.2. The molecule has 1 rings (SSSR count). The number of sulfone groups is 1. The van der Waals surface area contributed by atoms with Gasteiger partial charge in [-0.25, -0.2) is 8.42 Å². The van der Waals surface area contributed by atoms with Crippen molar-refractivity contribution in [1.82, 2.24) is 0 Å². The summed E-state index contributed by atoms with van der Waals surface area (Å²) in [5.74, 6) is 0.201. The molecule has 0 aromatic heterocycles. The first kappa shape index (κ1) is 17.2. The number of hydrogen-bond donors (Lipinski definition) is 0. The highest BCUT2D eigenvalue weighted by Crippen LogP contribution is 2.50. The Morgan fingerprint density at radius 3 is 2.15 bits per heavy atom. The number of methoxy groups -OCH3 is 1. The van der Waals surface area contributed by atoms with Gasteiger partial charge in [-0.2, -0.15) is 0 Å². The summed E-state index contributed by atoms with van der Waals surface area (Å²) < 4.78 is 52.1. The lowest BCUT2D eigenvalue weighted by atomic mass is 10.3. The average molecular weight is 322 g/mol. The molecule has 0 radical (unpaired) electrons.